The van der Waals surface area contributed by atoms with E-state index in [9.17, 15) is 19.1 Å². The predicted octanol–water partition coefficient (Wildman–Crippen LogP) is 1.24. The minimum Gasteiger partial charge on any atom is -0.381 e. The van der Waals surface area contributed by atoms with Crippen LogP contribution in [0.2, 0.25) is 5.02 Å². The molecule has 3 rings (SSSR count). The Kier molecular flexibility index (Phi) is 5.27. The van der Waals surface area contributed by atoms with Gasteiger partial charge < -0.3 is 20.1 Å². The molecular weight excluding hydrogens is 351 g/mol. The van der Waals surface area contributed by atoms with E-state index in [2.05, 4.69) is 5.32 Å². The Balaban J connectivity index is 1.63. The highest BCUT2D eigenvalue weighted by Crippen LogP contribution is 2.28. The summed E-state index contributed by atoms with van der Waals surface area (Å²) in [6, 6.07) is 3.90. The smallest absolute Gasteiger partial charge is 0.264 e. The van der Waals surface area contributed by atoms with Crippen LogP contribution >= 0.6 is 11.6 Å². The lowest BCUT2D eigenvalue weighted by atomic mass is 10.0. The second-order valence-corrected chi connectivity index (χ2v) is 6.85. The van der Waals surface area contributed by atoms with Gasteiger partial charge in [0.05, 0.1) is 0 Å². The van der Waals surface area contributed by atoms with Crippen molar-refractivity contribution in [2.45, 2.75) is 37.5 Å². The average Bonchev–Trinajstić information content (AvgIpc) is 2.89. The number of halogens is 2. The molecule has 0 radical (unpaired) electrons. The lowest BCUT2D eigenvalue weighted by molar-refractivity contribution is -0.156. The van der Waals surface area contributed by atoms with E-state index in [1.54, 1.807) is 4.90 Å². The van der Waals surface area contributed by atoms with Crippen molar-refractivity contribution in [2.24, 2.45) is 0 Å². The summed E-state index contributed by atoms with van der Waals surface area (Å²) in [7, 11) is 0. The van der Waals surface area contributed by atoms with Crippen molar-refractivity contribution in [3.05, 3.63) is 34.6 Å². The molecule has 2 saturated heterocycles. The Bertz CT molecular complexity index is 660. The molecule has 0 spiro atoms. The maximum atomic E-state index is 13.3. The largest absolute Gasteiger partial charge is 0.381 e. The summed E-state index contributed by atoms with van der Waals surface area (Å²) >= 11 is 5.78. The first kappa shape index (κ1) is 18.1. The number of carbonyl (C=O) groups is 2. The summed E-state index contributed by atoms with van der Waals surface area (Å²) < 4.78 is 18.6. The Morgan fingerprint density at radius 1 is 1.40 bits per heavy atom. The highest BCUT2D eigenvalue weighted by Gasteiger charge is 2.52. The second-order valence-electron chi connectivity index (χ2n) is 6.41. The number of nitrogens with zero attached hydrogens (tertiary/aromatic N) is 1. The van der Waals surface area contributed by atoms with Crippen LogP contribution in [-0.2, 0) is 20.9 Å². The number of benzene rings is 1. The minimum atomic E-state index is -2.07. The van der Waals surface area contributed by atoms with Gasteiger partial charge >= 0.3 is 0 Å². The zero-order valence-electron chi connectivity index (χ0n) is 13.6. The normalized spacial score (nSPS) is 24.6. The van der Waals surface area contributed by atoms with Gasteiger partial charge in [-0.15, -0.1) is 0 Å². The molecule has 2 amide bonds. The first-order chi connectivity index (χ1) is 11.9. The van der Waals surface area contributed by atoms with E-state index in [1.807, 2.05) is 0 Å². The Morgan fingerprint density at radius 3 is 2.80 bits per heavy atom. The van der Waals surface area contributed by atoms with Gasteiger partial charge in [-0.2, -0.15) is 0 Å². The fraction of sp³-hybridized carbons (Fsp3) is 0.529. The molecule has 2 fully saturated rings. The quantitative estimate of drug-likeness (QED) is 0.782. The lowest BCUT2D eigenvalue weighted by Crippen LogP contribution is -2.54. The maximum absolute atomic E-state index is 13.3. The molecule has 136 valence electrons. The highest BCUT2D eigenvalue weighted by atomic mass is 35.5. The van der Waals surface area contributed by atoms with Gasteiger partial charge in [0.2, 0.25) is 5.60 Å². The van der Waals surface area contributed by atoms with Crippen LogP contribution in [0.5, 0.6) is 0 Å². The molecule has 1 aromatic rings. The van der Waals surface area contributed by atoms with Crippen LogP contribution in [0.3, 0.4) is 0 Å². The SMILES string of the molecule is O=C(NCc1cc(F)cc(Cl)c1)C1(O)CCN(C2CCOCC2)C1=O. The van der Waals surface area contributed by atoms with Crippen molar-refractivity contribution in [2.75, 3.05) is 19.8 Å². The minimum absolute atomic E-state index is 0.00917. The molecule has 25 heavy (non-hydrogen) atoms. The first-order valence-corrected chi connectivity index (χ1v) is 8.62. The van der Waals surface area contributed by atoms with Crippen molar-refractivity contribution >= 4 is 23.4 Å². The van der Waals surface area contributed by atoms with Crippen molar-refractivity contribution in [1.29, 1.82) is 0 Å². The molecule has 0 bridgehead atoms. The fourth-order valence-electron chi connectivity index (χ4n) is 3.33. The molecule has 2 aliphatic rings. The average molecular weight is 371 g/mol. The molecule has 8 heteroatoms. The van der Waals surface area contributed by atoms with E-state index >= 15 is 0 Å². The van der Waals surface area contributed by atoms with Crippen LogP contribution in [0.1, 0.15) is 24.8 Å². The third kappa shape index (κ3) is 3.78. The highest BCUT2D eigenvalue weighted by molar-refractivity contribution is 6.30. The third-order valence-corrected chi connectivity index (χ3v) is 4.93. The van der Waals surface area contributed by atoms with Gasteiger partial charge in [0.15, 0.2) is 0 Å². The van der Waals surface area contributed by atoms with Crippen molar-refractivity contribution in [3.63, 3.8) is 0 Å². The molecule has 0 aliphatic carbocycles. The first-order valence-electron chi connectivity index (χ1n) is 8.24. The monoisotopic (exact) mass is 370 g/mol. The molecule has 2 heterocycles. The van der Waals surface area contributed by atoms with E-state index in [0.717, 1.165) is 6.07 Å². The molecule has 0 saturated carbocycles. The van der Waals surface area contributed by atoms with Gasteiger partial charge in [-0.3, -0.25) is 9.59 Å². The summed E-state index contributed by atoms with van der Waals surface area (Å²) in [6.07, 6.45) is 1.44. The van der Waals surface area contributed by atoms with Crippen LogP contribution in [-0.4, -0.2) is 53.2 Å². The Hall–Kier alpha value is -1.70. The molecule has 1 unspecified atom stereocenters. The zero-order chi connectivity index (χ0) is 18.0. The number of hydrogen-bond donors (Lipinski definition) is 2. The third-order valence-electron chi connectivity index (χ3n) is 4.71. The number of rotatable bonds is 4. The lowest BCUT2D eigenvalue weighted by Gasteiger charge is -2.32. The van der Waals surface area contributed by atoms with Crippen molar-refractivity contribution in [3.8, 4) is 0 Å². The van der Waals surface area contributed by atoms with Gasteiger partial charge in [-0.1, -0.05) is 11.6 Å². The standard InChI is InChI=1S/C17H20ClFN2O4/c18-12-7-11(8-13(19)9-12)10-20-15(22)17(24)3-4-21(16(17)23)14-1-5-25-6-2-14/h7-9,14,24H,1-6,10H2,(H,20,22). The van der Waals surface area contributed by atoms with E-state index in [0.29, 0.717) is 38.2 Å². The van der Waals surface area contributed by atoms with Crippen molar-refractivity contribution < 1.29 is 23.8 Å². The van der Waals surface area contributed by atoms with Gasteiger partial charge in [-0.05, 0) is 36.6 Å². The van der Waals surface area contributed by atoms with E-state index in [4.69, 9.17) is 16.3 Å². The van der Waals surface area contributed by atoms with E-state index < -0.39 is 23.2 Å². The van der Waals surface area contributed by atoms with Crippen LogP contribution in [0.25, 0.3) is 0 Å². The maximum Gasteiger partial charge on any atom is 0.264 e. The predicted molar refractivity (Wildman–Crippen MR) is 88.4 cm³/mol. The van der Waals surface area contributed by atoms with Crippen molar-refractivity contribution in [1.82, 2.24) is 10.2 Å². The molecule has 0 aromatic heterocycles. The van der Waals surface area contributed by atoms with Gasteiger partial charge in [0.25, 0.3) is 11.8 Å². The van der Waals surface area contributed by atoms with E-state index in [1.165, 1.54) is 12.1 Å². The Morgan fingerprint density at radius 2 is 2.12 bits per heavy atom. The summed E-state index contributed by atoms with van der Waals surface area (Å²) in [6.45, 7) is 1.45. The summed E-state index contributed by atoms with van der Waals surface area (Å²) in [5, 5.41) is 13.3. The molecular formula is C17H20ClFN2O4. The summed E-state index contributed by atoms with van der Waals surface area (Å²) in [5.41, 5.74) is -1.62. The summed E-state index contributed by atoms with van der Waals surface area (Å²) in [5.74, 6) is -1.86. The van der Waals surface area contributed by atoms with Crippen LogP contribution < -0.4 is 5.32 Å². The van der Waals surface area contributed by atoms with Crippen LogP contribution in [0.15, 0.2) is 18.2 Å². The molecule has 6 nitrogen and oxygen atoms in total. The topological polar surface area (TPSA) is 78.9 Å². The number of carbonyl (C=O) groups excluding carboxylic acids is 2. The summed E-state index contributed by atoms with van der Waals surface area (Å²) in [4.78, 5) is 26.5. The van der Waals surface area contributed by atoms with Gasteiger partial charge in [0, 0.05) is 43.8 Å². The van der Waals surface area contributed by atoms with Crippen LogP contribution in [0.4, 0.5) is 4.39 Å². The van der Waals surface area contributed by atoms with Gasteiger partial charge in [-0.25, -0.2) is 4.39 Å². The van der Waals surface area contributed by atoms with Crippen LogP contribution in [0, 0.1) is 5.82 Å². The number of ether oxygens (including phenoxy) is 1. The molecule has 1 aromatic carbocycles. The number of nitrogens with one attached hydrogen (secondary N) is 1. The fourth-order valence-corrected chi connectivity index (χ4v) is 3.57. The molecule has 1 atom stereocenters. The number of amides is 2. The second kappa shape index (κ2) is 7.27. The number of likely N-dealkylation sites (tertiary alicyclic amines) is 1. The van der Waals surface area contributed by atoms with E-state index in [-0.39, 0.29) is 24.0 Å². The molecule has 2 N–H and O–H groups in total. The van der Waals surface area contributed by atoms with Gasteiger partial charge in [0.1, 0.15) is 5.82 Å². The number of hydrogen-bond acceptors (Lipinski definition) is 4. The Labute approximate surface area is 149 Å². The zero-order valence-corrected chi connectivity index (χ0v) is 14.4. The molecule has 2 aliphatic heterocycles. The number of aliphatic hydroxyl groups is 1.